The first-order valence-electron chi connectivity index (χ1n) is 5.43. The number of nitrogen functional groups attached to an aromatic ring is 1. The van der Waals surface area contributed by atoms with Crippen LogP contribution in [0, 0.1) is 0 Å². The molecule has 0 saturated carbocycles. The summed E-state index contributed by atoms with van der Waals surface area (Å²) in [6.07, 6.45) is 2.94. The maximum absolute atomic E-state index is 11.0. The molecule has 18 heavy (non-hydrogen) atoms. The molecule has 92 valence electrons. The lowest BCUT2D eigenvalue weighted by Crippen LogP contribution is -2.08. The van der Waals surface area contributed by atoms with Gasteiger partial charge in [0.05, 0.1) is 17.4 Å². The highest BCUT2D eigenvalue weighted by molar-refractivity contribution is 5.93. The number of nitrogens with one attached hydrogen (secondary N) is 1. The second-order valence-electron chi connectivity index (χ2n) is 3.78. The van der Waals surface area contributed by atoms with Crippen molar-refractivity contribution in [3.63, 3.8) is 0 Å². The third-order valence-electron chi connectivity index (χ3n) is 2.58. The number of pyridine rings is 1. The molecule has 0 amide bonds. The van der Waals surface area contributed by atoms with Gasteiger partial charge in [-0.25, -0.2) is 4.79 Å². The van der Waals surface area contributed by atoms with Crippen molar-refractivity contribution < 1.29 is 9.90 Å². The highest BCUT2D eigenvalue weighted by atomic mass is 16.4. The van der Waals surface area contributed by atoms with E-state index in [4.69, 9.17) is 10.8 Å². The Labute approximate surface area is 104 Å². The molecule has 0 spiro atoms. The van der Waals surface area contributed by atoms with E-state index in [-0.39, 0.29) is 5.56 Å². The van der Waals surface area contributed by atoms with Gasteiger partial charge in [0.25, 0.3) is 0 Å². The number of nitrogens with two attached hydrogens (primary N) is 1. The van der Waals surface area contributed by atoms with Crippen LogP contribution in [-0.2, 0) is 6.54 Å². The Morgan fingerprint density at radius 2 is 2.11 bits per heavy atom. The predicted molar refractivity (Wildman–Crippen MR) is 69.4 cm³/mol. The molecule has 0 fully saturated rings. The van der Waals surface area contributed by atoms with Crippen LogP contribution >= 0.6 is 0 Å². The minimum Gasteiger partial charge on any atom is -0.478 e. The summed E-state index contributed by atoms with van der Waals surface area (Å²) in [6.45, 7) is 0.457. The van der Waals surface area contributed by atoms with Crippen LogP contribution in [0.2, 0.25) is 0 Å². The van der Waals surface area contributed by atoms with Crippen molar-refractivity contribution in [2.45, 2.75) is 6.54 Å². The molecule has 5 heteroatoms. The van der Waals surface area contributed by atoms with Crippen molar-refractivity contribution in [2.75, 3.05) is 11.1 Å². The van der Waals surface area contributed by atoms with Crippen molar-refractivity contribution in [3.8, 4) is 0 Å². The number of anilines is 2. The molecule has 2 rings (SSSR count). The molecule has 0 aliphatic heterocycles. The molecule has 2 aromatic rings. The second-order valence-corrected chi connectivity index (χ2v) is 3.78. The van der Waals surface area contributed by atoms with Gasteiger partial charge in [-0.15, -0.1) is 0 Å². The van der Waals surface area contributed by atoms with Gasteiger partial charge in [0.15, 0.2) is 0 Å². The Bertz CT molecular complexity index is 570. The van der Waals surface area contributed by atoms with Crippen LogP contribution < -0.4 is 11.1 Å². The third-order valence-corrected chi connectivity index (χ3v) is 2.58. The van der Waals surface area contributed by atoms with Gasteiger partial charge in [-0.05, 0) is 17.7 Å². The minimum atomic E-state index is -0.985. The van der Waals surface area contributed by atoms with Gasteiger partial charge in [-0.2, -0.15) is 0 Å². The average Bonchev–Trinajstić information content (AvgIpc) is 2.38. The Morgan fingerprint density at radius 3 is 2.83 bits per heavy atom. The fourth-order valence-electron chi connectivity index (χ4n) is 1.61. The van der Waals surface area contributed by atoms with Crippen molar-refractivity contribution >= 4 is 17.3 Å². The van der Waals surface area contributed by atoms with Crippen LogP contribution in [0.25, 0.3) is 0 Å². The zero-order valence-corrected chi connectivity index (χ0v) is 9.63. The van der Waals surface area contributed by atoms with Gasteiger partial charge in [0, 0.05) is 18.4 Å². The number of para-hydroxylation sites is 1. The molecule has 5 nitrogen and oxygen atoms in total. The third kappa shape index (κ3) is 2.57. The number of rotatable bonds is 4. The SMILES string of the molecule is Nc1ccccc1CNc1cnccc1C(=O)O. The van der Waals surface area contributed by atoms with Crippen molar-refractivity contribution in [1.82, 2.24) is 4.98 Å². The predicted octanol–water partition coefficient (Wildman–Crippen LogP) is 1.97. The van der Waals surface area contributed by atoms with E-state index in [2.05, 4.69) is 10.3 Å². The monoisotopic (exact) mass is 243 g/mol. The smallest absolute Gasteiger partial charge is 0.337 e. The summed E-state index contributed by atoms with van der Waals surface area (Å²) in [7, 11) is 0. The Kier molecular flexibility index (Phi) is 3.43. The fraction of sp³-hybridized carbons (Fsp3) is 0.0769. The van der Waals surface area contributed by atoms with Crippen molar-refractivity contribution in [1.29, 1.82) is 0 Å². The Hall–Kier alpha value is -2.56. The quantitative estimate of drug-likeness (QED) is 0.714. The van der Waals surface area contributed by atoms with E-state index in [1.54, 1.807) is 6.07 Å². The van der Waals surface area contributed by atoms with Gasteiger partial charge >= 0.3 is 5.97 Å². The molecule has 0 atom stereocenters. The lowest BCUT2D eigenvalue weighted by Gasteiger charge is -2.10. The molecular weight excluding hydrogens is 230 g/mol. The topological polar surface area (TPSA) is 88.2 Å². The molecule has 0 bridgehead atoms. The summed E-state index contributed by atoms with van der Waals surface area (Å²) in [4.78, 5) is 14.9. The number of carboxylic acid groups (broad SMARTS) is 1. The lowest BCUT2D eigenvalue weighted by molar-refractivity contribution is 0.0698. The molecule has 0 radical (unpaired) electrons. The number of nitrogens with zero attached hydrogens (tertiary/aromatic N) is 1. The van der Waals surface area contributed by atoms with Crippen LogP contribution in [-0.4, -0.2) is 16.1 Å². The van der Waals surface area contributed by atoms with Crippen molar-refractivity contribution in [3.05, 3.63) is 53.9 Å². The van der Waals surface area contributed by atoms with Crippen LogP contribution in [0.5, 0.6) is 0 Å². The minimum absolute atomic E-state index is 0.194. The maximum Gasteiger partial charge on any atom is 0.337 e. The summed E-state index contributed by atoms with van der Waals surface area (Å²) >= 11 is 0. The number of benzene rings is 1. The van der Waals surface area contributed by atoms with E-state index in [0.29, 0.717) is 17.9 Å². The van der Waals surface area contributed by atoms with Crippen LogP contribution in [0.1, 0.15) is 15.9 Å². The molecule has 0 aliphatic rings. The Morgan fingerprint density at radius 1 is 1.33 bits per heavy atom. The van der Waals surface area contributed by atoms with Crippen LogP contribution in [0.4, 0.5) is 11.4 Å². The first kappa shape index (κ1) is 11.9. The normalized spacial score (nSPS) is 10.0. The van der Waals surface area contributed by atoms with Crippen molar-refractivity contribution in [2.24, 2.45) is 0 Å². The molecular formula is C13H13N3O2. The molecule has 1 aromatic carbocycles. The van der Waals surface area contributed by atoms with Gasteiger partial charge in [-0.1, -0.05) is 18.2 Å². The number of aromatic nitrogens is 1. The molecule has 0 aliphatic carbocycles. The highest BCUT2D eigenvalue weighted by Crippen LogP contribution is 2.17. The maximum atomic E-state index is 11.0. The van der Waals surface area contributed by atoms with E-state index < -0.39 is 5.97 Å². The summed E-state index contributed by atoms with van der Waals surface area (Å²) in [5.74, 6) is -0.985. The first-order chi connectivity index (χ1) is 8.68. The highest BCUT2D eigenvalue weighted by Gasteiger charge is 2.09. The van der Waals surface area contributed by atoms with E-state index in [9.17, 15) is 4.79 Å². The molecule has 1 aromatic heterocycles. The number of carboxylic acids is 1. The summed E-state index contributed by atoms with van der Waals surface area (Å²) in [5, 5.41) is 12.1. The number of aromatic carboxylic acids is 1. The Balaban J connectivity index is 2.16. The summed E-state index contributed by atoms with van der Waals surface area (Å²) in [6, 6.07) is 8.89. The number of hydrogen-bond donors (Lipinski definition) is 3. The molecule has 1 heterocycles. The van der Waals surface area contributed by atoms with Gasteiger partial charge in [0.1, 0.15) is 0 Å². The molecule has 0 unspecified atom stereocenters. The van der Waals surface area contributed by atoms with E-state index in [0.717, 1.165) is 5.56 Å². The van der Waals surface area contributed by atoms with Crippen LogP contribution in [0.15, 0.2) is 42.7 Å². The first-order valence-corrected chi connectivity index (χ1v) is 5.43. The van der Waals surface area contributed by atoms with Crippen LogP contribution in [0.3, 0.4) is 0 Å². The molecule has 0 saturated heterocycles. The molecule has 4 N–H and O–H groups in total. The summed E-state index contributed by atoms with van der Waals surface area (Å²) < 4.78 is 0. The van der Waals surface area contributed by atoms with E-state index in [1.807, 2.05) is 18.2 Å². The lowest BCUT2D eigenvalue weighted by atomic mass is 10.1. The number of hydrogen-bond acceptors (Lipinski definition) is 4. The van der Waals surface area contributed by atoms with E-state index in [1.165, 1.54) is 18.5 Å². The largest absolute Gasteiger partial charge is 0.478 e. The van der Waals surface area contributed by atoms with Gasteiger partial charge in [0.2, 0.25) is 0 Å². The second kappa shape index (κ2) is 5.18. The zero-order valence-electron chi connectivity index (χ0n) is 9.63. The summed E-state index contributed by atoms with van der Waals surface area (Å²) in [5.41, 5.74) is 8.07. The van der Waals surface area contributed by atoms with E-state index >= 15 is 0 Å². The number of carbonyl (C=O) groups is 1. The average molecular weight is 243 g/mol. The fourth-order valence-corrected chi connectivity index (χ4v) is 1.61. The zero-order chi connectivity index (χ0) is 13.0. The standard InChI is InChI=1S/C13H13N3O2/c14-11-4-2-1-3-9(11)7-16-12-8-15-6-5-10(12)13(17)18/h1-6,8,16H,7,14H2,(H,17,18). The van der Waals surface area contributed by atoms with Gasteiger partial charge < -0.3 is 16.2 Å². The van der Waals surface area contributed by atoms with Gasteiger partial charge in [-0.3, -0.25) is 4.98 Å².